The zero-order valence-corrected chi connectivity index (χ0v) is 12.1. The Bertz CT molecular complexity index is 779. The molecule has 0 fully saturated rings. The number of anilines is 1. The van der Waals surface area contributed by atoms with Crippen molar-refractivity contribution in [2.24, 2.45) is 0 Å². The smallest absolute Gasteiger partial charge is 0.202 e. The molecule has 5 heteroatoms. The zero-order chi connectivity index (χ0) is 13.6. The van der Waals surface area contributed by atoms with Crippen molar-refractivity contribution >= 4 is 43.4 Å². The van der Waals surface area contributed by atoms with E-state index in [-0.39, 0.29) is 5.88 Å². The Morgan fingerprint density at radius 1 is 1.42 bits per heavy atom. The lowest BCUT2D eigenvalue weighted by atomic mass is 10.1. The van der Waals surface area contributed by atoms with Crippen molar-refractivity contribution in [1.82, 2.24) is 9.55 Å². The maximum Gasteiger partial charge on any atom is 0.202 e. The van der Waals surface area contributed by atoms with Crippen LogP contribution in [-0.2, 0) is 6.54 Å². The molecule has 3 N–H and O–H groups in total. The Balaban J connectivity index is 2.44. The van der Waals surface area contributed by atoms with Crippen LogP contribution in [0.2, 0.25) is 0 Å². The highest BCUT2D eigenvalue weighted by Gasteiger charge is 2.15. The minimum atomic E-state index is 0.198. The van der Waals surface area contributed by atoms with Gasteiger partial charge in [-0.15, -0.1) is 0 Å². The van der Waals surface area contributed by atoms with Gasteiger partial charge in [0.05, 0.1) is 22.1 Å². The van der Waals surface area contributed by atoms with Crippen LogP contribution in [0.1, 0.15) is 13.3 Å². The fourth-order valence-corrected chi connectivity index (χ4v) is 2.84. The molecule has 0 aliphatic heterocycles. The molecule has 0 radical (unpaired) electrons. The molecule has 0 amide bonds. The number of nitrogen functional groups attached to an aromatic ring is 1. The number of aryl methyl sites for hydroxylation is 1. The highest BCUT2D eigenvalue weighted by Crippen LogP contribution is 2.37. The van der Waals surface area contributed by atoms with Gasteiger partial charge in [0, 0.05) is 22.6 Å². The summed E-state index contributed by atoms with van der Waals surface area (Å²) in [6.07, 6.45) is 2.79. The molecule has 0 aliphatic carbocycles. The van der Waals surface area contributed by atoms with Crippen LogP contribution < -0.4 is 5.73 Å². The van der Waals surface area contributed by atoms with E-state index in [2.05, 4.69) is 27.8 Å². The number of pyridine rings is 1. The van der Waals surface area contributed by atoms with Gasteiger partial charge in [0.2, 0.25) is 5.88 Å². The van der Waals surface area contributed by atoms with Gasteiger partial charge in [-0.3, -0.25) is 0 Å². The van der Waals surface area contributed by atoms with E-state index in [9.17, 15) is 5.11 Å². The zero-order valence-electron chi connectivity index (χ0n) is 10.5. The van der Waals surface area contributed by atoms with Crippen molar-refractivity contribution in [3.05, 3.63) is 28.9 Å². The number of aromatic hydroxyl groups is 1. The molecule has 0 spiro atoms. The lowest BCUT2D eigenvalue weighted by Crippen LogP contribution is -1.93. The van der Waals surface area contributed by atoms with Crippen LogP contribution in [0, 0.1) is 0 Å². The van der Waals surface area contributed by atoms with Crippen molar-refractivity contribution in [2.75, 3.05) is 5.73 Å². The van der Waals surface area contributed by atoms with Crippen LogP contribution in [0.3, 0.4) is 0 Å². The first kappa shape index (κ1) is 12.3. The first-order valence-corrected chi connectivity index (χ1v) is 6.98. The lowest BCUT2D eigenvalue weighted by molar-refractivity contribution is 0.421. The summed E-state index contributed by atoms with van der Waals surface area (Å²) < 4.78 is 2.70. The monoisotopic (exact) mass is 319 g/mol. The summed E-state index contributed by atoms with van der Waals surface area (Å²) in [5.41, 5.74) is 8.32. The number of nitrogens with zero attached hydrogens (tertiary/aromatic N) is 2. The van der Waals surface area contributed by atoms with E-state index in [0.717, 1.165) is 33.9 Å². The van der Waals surface area contributed by atoms with Gasteiger partial charge in [-0.25, -0.2) is 4.98 Å². The molecule has 2 aromatic heterocycles. The quantitative estimate of drug-likeness (QED) is 0.757. The van der Waals surface area contributed by atoms with Crippen molar-refractivity contribution in [2.45, 2.75) is 19.9 Å². The van der Waals surface area contributed by atoms with Gasteiger partial charge in [-0.2, -0.15) is 0 Å². The average molecular weight is 320 g/mol. The van der Waals surface area contributed by atoms with Crippen LogP contribution in [0.5, 0.6) is 5.88 Å². The predicted molar refractivity (Wildman–Crippen MR) is 81.3 cm³/mol. The molecule has 3 aromatic rings. The third kappa shape index (κ3) is 1.76. The standard InChI is InChI=1S/C14H14BrN3O/c1-2-6-18-7-10-11(14(18)19)12(16)8-4-3-5-9(15)13(8)17-10/h3-5,7,19H,2,6,16H2,1H3. The van der Waals surface area contributed by atoms with E-state index in [1.54, 1.807) is 4.57 Å². The molecule has 98 valence electrons. The first-order valence-electron chi connectivity index (χ1n) is 6.19. The summed E-state index contributed by atoms with van der Waals surface area (Å²) in [5.74, 6) is 0.198. The van der Waals surface area contributed by atoms with E-state index in [1.165, 1.54) is 0 Å². The number of fused-ring (bicyclic) bond motifs is 2. The second kappa shape index (κ2) is 4.42. The summed E-state index contributed by atoms with van der Waals surface area (Å²) in [7, 11) is 0. The Morgan fingerprint density at radius 3 is 2.95 bits per heavy atom. The third-order valence-corrected chi connectivity index (χ3v) is 3.91. The molecule has 19 heavy (non-hydrogen) atoms. The van der Waals surface area contributed by atoms with Crippen molar-refractivity contribution in [1.29, 1.82) is 0 Å². The summed E-state index contributed by atoms with van der Waals surface area (Å²) in [6, 6.07) is 5.76. The Hall–Kier alpha value is -1.75. The van der Waals surface area contributed by atoms with Gasteiger partial charge in [0.1, 0.15) is 0 Å². The van der Waals surface area contributed by atoms with E-state index < -0.39 is 0 Å². The van der Waals surface area contributed by atoms with Crippen LogP contribution in [0.4, 0.5) is 5.69 Å². The molecular weight excluding hydrogens is 306 g/mol. The molecule has 0 aliphatic rings. The average Bonchev–Trinajstić information content (AvgIpc) is 2.69. The van der Waals surface area contributed by atoms with E-state index in [4.69, 9.17) is 5.73 Å². The van der Waals surface area contributed by atoms with E-state index in [0.29, 0.717) is 11.1 Å². The second-order valence-corrected chi connectivity index (χ2v) is 5.42. The molecule has 0 saturated carbocycles. The molecule has 1 aromatic carbocycles. The second-order valence-electron chi connectivity index (χ2n) is 4.57. The Morgan fingerprint density at radius 2 is 2.21 bits per heavy atom. The molecule has 0 bridgehead atoms. The normalized spacial score (nSPS) is 11.5. The summed E-state index contributed by atoms with van der Waals surface area (Å²) in [4.78, 5) is 4.59. The Kier molecular flexibility index (Phi) is 2.86. The highest BCUT2D eigenvalue weighted by molar-refractivity contribution is 9.10. The fraction of sp³-hybridized carbons (Fsp3) is 0.214. The number of rotatable bonds is 2. The van der Waals surface area contributed by atoms with Gasteiger partial charge in [0.25, 0.3) is 0 Å². The highest BCUT2D eigenvalue weighted by atomic mass is 79.9. The number of hydrogen-bond acceptors (Lipinski definition) is 3. The summed E-state index contributed by atoms with van der Waals surface area (Å²) in [5, 5.41) is 11.8. The van der Waals surface area contributed by atoms with Crippen molar-refractivity contribution in [3.63, 3.8) is 0 Å². The number of nitrogens with two attached hydrogens (primary N) is 1. The maximum absolute atomic E-state index is 10.3. The number of benzene rings is 1. The third-order valence-electron chi connectivity index (χ3n) is 3.27. The molecular formula is C14H14BrN3O. The SMILES string of the molecule is CCCn1cc2nc3c(Br)cccc3c(N)c2c1O. The van der Waals surface area contributed by atoms with Gasteiger partial charge in [-0.05, 0) is 28.4 Å². The largest absolute Gasteiger partial charge is 0.494 e. The van der Waals surface area contributed by atoms with Gasteiger partial charge in [0.15, 0.2) is 0 Å². The topological polar surface area (TPSA) is 64.1 Å². The maximum atomic E-state index is 10.3. The molecule has 2 heterocycles. The number of halogens is 1. The van der Waals surface area contributed by atoms with Gasteiger partial charge >= 0.3 is 0 Å². The summed E-state index contributed by atoms with van der Waals surface area (Å²) in [6.45, 7) is 2.81. The van der Waals surface area contributed by atoms with Crippen LogP contribution in [-0.4, -0.2) is 14.7 Å². The Labute approximate surface area is 119 Å². The van der Waals surface area contributed by atoms with Crippen molar-refractivity contribution in [3.8, 4) is 5.88 Å². The van der Waals surface area contributed by atoms with Gasteiger partial charge in [-0.1, -0.05) is 19.1 Å². The molecule has 0 saturated heterocycles. The molecule has 0 atom stereocenters. The molecule has 0 unspecified atom stereocenters. The van der Waals surface area contributed by atoms with Gasteiger partial charge < -0.3 is 15.4 Å². The predicted octanol–water partition coefficient (Wildman–Crippen LogP) is 3.65. The summed E-state index contributed by atoms with van der Waals surface area (Å²) >= 11 is 3.49. The molecule has 4 nitrogen and oxygen atoms in total. The van der Waals surface area contributed by atoms with Crippen LogP contribution in [0.25, 0.3) is 21.8 Å². The minimum Gasteiger partial charge on any atom is -0.494 e. The van der Waals surface area contributed by atoms with Crippen molar-refractivity contribution < 1.29 is 5.11 Å². The fourth-order valence-electron chi connectivity index (χ4n) is 2.39. The molecule has 3 rings (SSSR count). The lowest BCUT2D eigenvalue weighted by Gasteiger charge is -2.05. The van der Waals surface area contributed by atoms with Crippen LogP contribution in [0.15, 0.2) is 28.9 Å². The number of para-hydroxylation sites is 1. The minimum absolute atomic E-state index is 0.198. The first-order chi connectivity index (χ1) is 9.13. The number of hydrogen-bond donors (Lipinski definition) is 2. The van der Waals surface area contributed by atoms with Crippen LogP contribution >= 0.6 is 15.9 Å². The number of aromatic nitrogens is 2. The van der Waals surface area contributed by atoms with E-state index >= 15 is 0 Å². The van der Waals surface area contributed by atoms with E-state index in [1.807, 2.05) is 24.4 Å².